The molecule has 17 nitrogen and oxygen atoms in total. The van der Waals surface area contributed by atoms with E-state index in [1.54, 1.807) is 0 Å². The summed E-state index contributed by atoms with van der Waals surface area (Å²) in [5.74, 6) is 0.890. The number of ether oxygens (including phenoxy) is 4. The molecule has 528 valence electrons. The maximum atomic E-state index is 13.0. The molecule has 0 aromatic heterocycles. The average molecular weight is 1310 g/mol. The minimum absolute atomic E-state index is 0.104. The quantitative estimate of drug-likeness (QED) is 0.0222. The van der Waals surface area contributed by atoms with Gasteiger partial charge in [0.25, 0.3) is 0 Å². The van der Waals surface area contributed by atoms with E-state index in [4.69, 9.17) is 37.0 Å². The molecule has 0 aromatic rings. The minimum atomic E-state index is -4.95. The predicted molar refractivity (Wildman–Crippen MR) is 358 cm³/mol. The van der Waals surface area contributed by atoms with Crippen molar-refractivity contribution >= 4 is 39.5 Å². The van der Waals surface area contributed by atoms with Crippen molar-refractivity contribution in [1.82, 2.24) is 0 Å². The molecule has 0 fully saturated rings. The highest BCUT2D eigenvalue weighted by molar-refractivity contribution is 7.47. The first-order chi connectivity index (χ1) is 42.7. The fourth-order valence-corrected chi connectivity index (χ4v) is 12.0. The van der Waals surface area contributed by atoms with Crippen molar-refractivity contribution in [3.63, 3.8) is 0 Å². The molecular formula is C70H136O17P2. The first-order valence-corrected chi connectivity index (χ1v) is 39.3. The molecule has 7 atom stereocenters. The average Bonchev–Trinajstić information content (AvgIpc) is 3.65. The lowest BCUT2D eigenvalue weighted by molar-refractivity contribution is -0.161. The number of carbonyl (C=O) groups excluding carboxylic acids is 4. The third kappa shape index (κ3) is 62.0. The zero-order valence-corrected chi connectivity index (χ0v) is 59.8. The molecule has 0 aromatic carbocycles. The third-order valence-corrected chi connectivity index (χ3v) is 18.7. The number of phosphoric acid groups is 2. The number of esters is 4. The summed E-state index contributed by atoms with van der Waals surface area (Å²) >= 11 is 0. The Labute approximate surface area is 543 Å². The van der Waals surface area contributed by atoms with Gasteiger partial charge in [-0.05, 0) is 49.4 Å². The van der Waals surface area contributed by atoms with Gasteiger partial charge in [0.15, 0.2) is 12.2 Å². The van der Waals surface area contributed by atoms with Crippen molar-refractivity contribution in [2.75, 3.05) is 39.6 Å². The Balaban J connectivity index is 5.27. The highest BCUT2D eigenvalue weighted by Crippen LogP contribution is 2.45. The molecule has 0 aliphatic carbocycles. The van der Waals surface area contributed by atoms with Crippen LogP contribution in [0.1, 0.15) is 344 Å². The van der Waals surface area contributed by atoms with Gasteiger partial charge in [-0.25, -0.2) is 9.13 Å². The Morgan fingerprint density at radius 1 is 0.315 bits per heavy atom. The van der Waals surface area contributed by atoms with Crippen molar-refractivity contribution in [3.8, 4) is 0 Å². The maximum Gasteiger partial charge on any atom is 0.472 e. The van der Waals surface area contributed by atoms with Gasteiger partial charge in [-0.2, -0.15) is 0 Å². The Kier molecular flexibility index (Phi) is 58.5. The number of aliphatic hydroxyl groups is 1. The molecular weight excluding hydrogens is 1170 g/mol. The number of phosphoric ester groups is 2. The molecule has 0 heterocycles. The van der Waals surface area contributed by atoms with Crippen LogP contribution in [0.3, 0.4) is 0 Å². The van der Waals surface area contributed by atoms with E-state index in [9.17, 15) is 43.2 Å². The summed E-state index contributed by atoms with van der Waals surface area (Å²) in [6.45, 7) is 14.1. The van der Waals surface area contributed by atoms with Gasteiger partial charge in [0.1, 0.15) is 19.3 Å². The highest BCUT2D eigenvalue weighted by atomic mass is 31.2. The molecule has 3 N–H and O–H groups in total. The molecule has 89 heavy (non-hydrogen) atoms. The van der Waals surface area contributed by atoms with Crippen molar-refractivity contribution in [3.05, 3.63) is 0 Å². The standard InChI is InChI=1S/C70H136O17P2/c1-9-62(7)48-40-32-24-20-21-27-37-45-53-70(75)87-65(56-80-67(72)50-42-34-25-19-15-17-23-31-39-47-61(5)6)58-84-88(76,77)82-54-64(71)55-83-89(78,79)85-59-66(57-81-68(73)51-43-35-29-28-33-41-49-63(8)10-2)86-69(74)52-44-36-26-18-14-12-11-13-16-22-30-38-46-60(3)4/h60-66,71H,9-59H2,1-8H3,(H,76,77)(H,78,79)/t62?,63?,64-,65-,66-/m1/s1. The fourth-order valence-electron chi connectivity index (χ4n) is 10.4. The van der Waals surface area contributed by atoms with E-state index in [-0.39, 0.29) is 25.7 Å². The van der Waals surface area contributed by atoms with Gasteiger partial charge < -0.3 is 33.8 Å². The zero-order chi connectivity index (χ0) is 66.1. The molecule has 0 bridgehead atoms. The molecule has 0 spiro atoms. The summed E-state index contributed by atoms with van der Waals surface area (Å²) in [5.41, 5.74) is 0. The lowest BCUT2D eigenvalue weighted by Gasteiger charge is -2.21. The third-order valence-electron chi connectivity index (χ3n) is 16.8. The molecule has 19 heteroatoms. The van der Waals surface area contributed by atoms with Crippen LogP contribution in [0.15, 0.2) is 0 Å². The van der Waals surface area contributed by atoms with Crippen LogP contribution in [0, 0.1) is 23.7 Å². The summed E-state index contributed by atoms with van der Waals surface area (Å²) in [7, 11) is -9.90. The summed E-state index contributed by atoms with van der Waals surface area (Å²) in [5, 5.41) is 10.6. The molecule has 0 radical (unpaired) electrons. The Morgan fingerprint density at radius 2 is 0.539 bits per heavy atom. The maximum absolute atomic E-state index is 13.0. The Hall–Kier alpha value is -1.94. The number of rotatable bonds is 67. The van der Waals surface area contributed by atoms with Gasteiger partial charge in [-0.3, -0.25) is 37.3 Å². The van der Waals surface area contributed by atoms with Gasteiger partial charge in [0.2, 0.25) is 0 Å². The number of hydrogen-bond acceptors (Lipinski definition) is 15. The van der Waals surface area contributed by atoms with Crippen LogP contribution < -0.4 is 0 Å². The van der Waals surface area contributed by atoms with Crippen LogP contribution in [0.25, 0.3) is 0 Å². The molecule has 0 saturated carbocycles. The molecule has 0 aliphatic rings. The van der Waals surface area contributed by atoms with E-state index >= 15 is 0 Å². The van der Waals surface area contributed by atoms with Gasteiger partial charge in [0.05, 0.1) is 26.4 Å². The second-order valence-corrected chi connectivity index (χ2v) is 29.6. The van der Waals surface area contributed by atoms with Crippen molar-refractivity contribution in [2.45, 2.75) is 363 Å². The summed E-state index contributed by atoms with van der Waals surface area (Å²) in [4.78, 5) is 72.5. The van der Waals surface area contributed by atoms with Gasteiger partial charge >= 0.3 is 39.5 Å². The van der Waals surface area contributed by atoms with Crippen LogP contribution in [-0.4, -0.2) is 96.7 Å². The lowest BCUT2D eigenvalue weighted by atomic mass is 9.99. The monoisotopic (exact) mass is 1310 g/mol. The van der Waals surface area contributed by atoms with Crippen molar-refractivity contribution < 1.29 is 80.2 Å². The van der Waals surface area contributed by atoms with Crippen LogP contribution in [0.5, 0.6) is 0 Å². The SMILES string of the molecule is CCC(C)CCCCCCCCCCC(=O)O[C@H](COC(=O)CCCCCCCCCCCC(C)C)COP(=O)(O)OC[C@@H](O)COP(=O)(O)OC[C@@H](COC(=O)CCCCCCCCC(C)CC)OC(=O)CCCCCCCCCCCCCCC(C)C. The number of carbonyl (C=O) groups is 4. The van der Waals surface area contributed by atoms with Gasteiger partial charge in [-0.15, -0.1) is 0 Å². The summed E-state index contributed by atoms with van der Waals surface area (Å²) < 4.78 is 68.3. The van der Waals surface area contributed by atoms with E-state index in [2.05, 4.69) is 55.4 Å². The molecule has 0 amide bonds. The van der Waals surface area contributed by atoms with Crippen LogP contribution >= 0.6 is 15.6 Å². The normalized spacial score (nSPS) is 14.9. The molecule has 0 rings (SSSR count). The smallest absolute Gasteiger partial charge is 0.462 e. The van der Waals surface area contributed by atoms with Crippen LogP contribution in [-0.2, 0) is 65.4 Å². The van der Waals surface area contributed by atoms with E-state index in [0.717, 1.165) is 120 Å². The lowest BCUT2D eigenvalue weighted by Crippen LogP contribution is -2.30. The first-order valence-electron chi connectivity index (χ1n) is 36.3. The van der Waals surface area contributed by atoms with Crippen molar-refractivity contribution in [1.29, 1.82) is 0 Å². The van der Waals surface area contributed by atoms with Crippen LogP contribution in [0.4, 0.5) is 0 Å². The first kappa shape index (κ1) is 87.1. The Morgan fingerprint density at radius 3 is 0.798 bits per heavy atom. The highest BCUT2D eigenvalue weighted by Gasteiger charge is 2.30. The fraction of sp³-hybridized carbons (Fsp3) is 0.943. The van der Waals surface area contributed by atoms with Gasteiger partial charge in [0, 0.05) is 25.7 Å². The second kappa shape index (κ2) is 59.8. The van der Waals surface area contributed by atoms with Crippen molar-refractivity contribution in [2.24, 2.45) is 23.7 Å². The zero-order valence-electron chi connectivity index (χ0n) is 58.1. The van der Waals surface area contributed by atoms with Crippen LogP contribution in [0.2, 0.25) is 0 Å². The molecule has 4 unspecified atom stereocenters. The van der Waals surface area contributed by atoms with E-state index < -0.39 is 97.5 Å². The van der Waals surface area contributed by atoms with Gasteiger partial charge in [-0.1, -0.05) is 293 Å². The second-order valence-electron chi connectivity index (χ2n) is 26.7. The van der Waals surface area contributed by atoms with E-state index in [1.807, 2.05) is 0 Å². The number of aliphatic hydroxyl groups excluding tert-OH is 1. The predicted octanol–water partition coefficient (Wildman–Crippen LogP) is 19.7. The molecule has 0 aliphatic heterocycles. The summed E-state index contributed by atoms with van der Waals surface area (Å²) in [6, 6.07) is 0. The number of unbranched alkanes of at least 4 members (excludes halogenated alkanes) is 31. The minimum Gasteiger partial charge on any atom is -0.462 e. The Bertz CT molecular complexity index is 1770. The summed E-state index contributed by atoms with van der Waals surface area (Å²) in [6.07, 6.45) is 41.6. The van der Waals surface area contributed by atoms with E-state index in [1.165, 1.54) is 141 Å². The number of hydrogen-bond donors (Lipinski definition) is 3. The largest absolute Gasteiger partial charge is 0.472 e. The topological polar surface area (TPSA) is 237 Å². The van der Waals surface area contributed by atoms with E-state index in [0.29, 0.717) is 25.7 Å². The molecule has 0 saturated heterocycles.